The van der Waals surface area contributed by atoms with Crippen molar-refractivity contribution in [3.8, 4) is 0 Å². The van der Waals surface area contributed by atoms with Crippen LogP contribution in [0.4, 0.5) is 16.2 Å². The molecule has 0 aromatic heterocycles. The first kappa shape index (κ1) is 24.0. The number of benzene rings is 1. The summed E-state index contributed by atoms with van der Waals surface area (Å²) in [6, 6.07) is 5.36. The molecule has 1 aliphatic carbocycles. The van der Waals surface area contributed by atoms with E-state index in [0.29, 0.717) is 31.4 Å². The number of carbonyl (C=O) groups excluding carboxylic acids is 2. The van der Waals surface area contributed by atoms with Crippen LogP contribution in [0, 0.1) is 11.8 Å². The minimum absolute atomic E-state index is 0.137. The molecular weight excluding hydrogens is 418 g/mol. The highest BCUT2D eigenvalue weighted by Crippen LogP contribution is 2.48. The number of rotatable bonds is 3. The largest absolute Gasteiger partial charge is 0.443 e. The van der Waals surface area contributed by atoms with Crippen molar-refractivity contribution < 1.29 is 19.1 Å². The molecule has 7 nitrogen and oxygen atoms in total. The number of carbonyl (C=O) groups is 2. The third-order valence-electron chi connectivity index (χ3n) is 7.52. The molecule has 1 spiro atoms. The summed E-state index contributed by atoms with van der Waals surface area (Å²) in [4.78, 5) is 27.7. The molecule has 3 aliphatic rings. The number of fused-ring (bicyclic) bond motifs is 2. The molecule has 1 saturated heterocycles. The molecule has 4 rings (SSSR count). The summed E-state index contributed by atoms with van der Waals surface area (Å²) in [6.45, 7) is 9.79. The van der Waals surface area contributed by atoms with E-state index in [1.807, 2.05) is 32.9 Å². The van der Waals surface area contributed by atoms with Crippen LogP contribution in [0.2, 0.25) is 0 Å². The Hall–Kier alpha value is -2.12. The molecule has 1 atom stereocenters. The van der Waals surface area contributed by atoms with Crippen molar-refractivity contribution in [2.75, 3.05) is 30.0 Å². The first-order chi connectivity index (χ1) is 15.6. The fourth-order valence-corrected chi connectivity index (χ4v) is 5.51. The van der Waals surface area contributed by atoms with Crippen molar-refractivity contribution in [2.24, 2.45) is 17.6 Å². The second-order valence-corrected chi connectivity index (χ2v) is 11.2. The SMILES string of the molecule is CC1CCC([C@H](N)C(=O)Nc2ccc3c(c2)N(C(=O)OC(C)(C)C)CC32CCOCC2)CC1. The molecule has 1 aromatic rings. The van der Waals surface area contributed by atoms with Crippen LogP contribution in [0.25, 0.3) is 0 Å². The van der Waals surface area contributed by atoms with Gasteiger partial charge < -0.3 is 20.5 Å². The molecule has 33 heavy (non-hydrogen) atoms. The minimum Gasteiger partial charge on any atom is -0.443 e. The Morgan fingerprint density at radius 2 is 1.85 bits per heavy atom. The summed E-state index contributed by atoms with van der Waals surface area (Å²) in [5, 5.41) is 3.01. The highest BCUT2D eigenvalue weighted by atomic mass is 16.6. The van der Waals surface area contributed by atoms with Crippen molar-refractivity contribution in [1.29, 1.82) is 0 Å². The number of anilines is 2. The first-order valence-corrected chi connectivity index (χ1v) is 12.4. The van der Waals surface area contributed by atoms with E-state index in [0.717, 1.165) is 49.8 Å². The van der Waals surface area contributed by atoms with Gasteiger partial charge in [-0.15, -0.1) is 0 Å². The number of amides is 2. The predicted molar refractivity (Wildman–Crippen MR) is 129 cm³/mol. The Labute approximate surface area is 197 Å². The van der Waals surface area contributed by atoms with E-state index >= 15 is 0 Å². The maximum Gasteiger partial charge on any atom is 0.414 e. The number of hydrogen-bond donors (Lipinski definition) is 2. The highest BCUT2D eigenvalue weighted by Gasteiger charge is 2.46. The van der Waals surface area contributed by atoms with Gasteiger partial charge in [-0.2, -0.15) is 0 Å². The van der Waals surface area contributed by atoms with Gasteiger partial charge in [-0.25, -0.2) is 4.79 Å². The Balaban J connectivity index is 1.55. The number of nitrogens with zero attached hydrogens (tertiary/aromatic N) is 1. The molecule has 0 unspecified atom stereocenters. The molecule has 2 fully saturated rings. The van der Waals surface area contributed by atoms with Crippen molar-refractivity contribution >= 4 is 23.4 Å². The lowest BCUT2D eigenvalue weighted by molar-refractivity contribution is -0.118. The second-order valence-electron chi connectivity index (χ2n) is 11.2. The minimum atomic E-state index is -0.585. The maximum absolute atomic E-state index is 13.1. The second kappa shape index (κ2) is 9.26. The summed E-state index contributed by atoms with van der Waals surface area (Å²) in [7, 11) is 0. The predicted octanol–water partition coefficient (Wildman–Crippen LogP) is 4.58. The smallest absolute Gasteiger partial charge is 0.414 e. The summed E-state index contributed by atoms with van der Waals surface area (Å²) in [5.41, 5.74) is 8.22. The van der Waals surface area contributed by atoms with Crippen LogP contribution in [-0.4, -0.2) is 43.4 Å². The van der Waals surface area contributed by atoms with E-state index in [4.69, 9.17) is 15.2 Å². The lowest BCUT2D eigenvalue weighted by Crippen LogP contribution is -2.43. The number of hydrogen-bond acceptors (Lipinski definition) is 5. The Morgan fingerprint density at radius 1 is 1.18 bits per heavy atom. The van der Waals surface area contributed by atoms with Gasteiger partial charge >= 0.3 is 6.09 Å². The Kier molecular flexibility index (Phi) is 6.74. The van der Waals surface area contributed by atoms with Crippen LogP contribution in [0.5, 0.6) is 0 Å². The zero-order valence-electron chi connectivity index (χ0n) is 20.5. The van der Waals surface area contributed by atoms with Crippen LogP contribution >= 0.6 is 0 Å². The van der Waals surface area contributed by atoms with E-state index in [-0.39, 0.29) is 23.3 Å². The molecule has 0 radical (unpaired) electrons. The summed E-state index contributed by atoms with van der Waals surface area (Å²) in [5.74, 6) is 0.779. The van der Waals surface area contributed by atoms with Crippen LogP contribution in [0.15, 0.2) is 18.2 Å². The normalized spacial score (nSPS) is 25.4. The van der Waals surface area contributed by atoms with Gasteiger partial charge in [-0.1, -0.05) is 25.8 Å². The third-order valence-corrected chi connectivity index (χ3v) is 7.52. The molecule has 3 N–H and O–H groups in total. The van der Waals surface area contributed by atoms with Gasteiger partial charge in [0, 0.05) is 30.9 Å². The lowest BCUT2D eigenvalue weighted by Gasteiger charge is -2.34. The number of nitrogens with one attached hydrogen (secondary N) is 1. The van der Waals surface area contributed by atoms with Crippen LogP contribution in [0.3, 0.4) is 0 Å². The number of nitrogens with two attached hydrogens (primary N) is 1. The lowest BCUT2D eigenvalue weighted by atomic mass is 9.76. The zero-order valence-corrected chi connectivity index (χ0v) is 20.5. The van der Waals surface area contributed by atoms with Crippen LogP contribution in [0.1, 0.15) is 71.8 Å². The van der Waals surface area contributed by atoms with Gasteiger partial charge in [0.1, 0.15) is 5.60 Å². The molecule has 182 valence electrons. The molecule has 2 heterocycles. The van der Waals surface area contributed by atoms with Crippen molar-refractivity contribution in [3.63, 3.8) is 0 Å². The summed E-state index contributed by atoms with van der Waals surface area (Å²) < 4.78 is 11.3. The van der Waals surface area contributed by atoms with E-state index in [2.05, 4.69) is 18.3 Å². The van der Waals surface area contributed by atoms with Gasteiger partial charge in [-0.05, 0) is 76.0 Å². The highest BCUT2D eigenvalue weighted by molar-refractivity contribution is 5.97. The fourth-order valence-electron chi connectivity index (χ4n) is 5.51. The standard InChI is InChI=1S/C26H39N3O4/c1-17-5-7-18(8-6-17)22(27)23(30)28-19-9-10-20-21(15-19)29(24(31)33-25(2,3)4)16-26(20)11-13-32-14-12-26/h9-10,15,17-18,22H,5-8,11-14,16,27H2,1-4H3,(H,28,30)/t17?,18?,22-/m0/s1. The monoisotopic (exact) mass is 457 g/mol. The van der Waals surface area contributed by atoms with E-state index in [1.165, 1.54) is 0 Å². The molecule has 2 amide bonds. The molecule has 2 aliphatic heterocycles. The number of ether oxygens (including phenoxy) is 2. The van der Waals surface area contributed by atoms with E-state index < -0.39 is 11.6 Å². The topological polar surface area (TPSA) is 93.9 Å². The molecule has 7 heteroatoms. The molecule has 1 saturated carbocycles. The fraction of sp³-hybridized carbons (Fsp3) is 0.692. The van der Waals surface area contributed by atoms with Crippen LogP contribution < -0.4 is 16.0 Å². The maximum atomic E-state index is 13.1. The summed E-state index contributed by atoms with van der Waals surface area (Å²) in [6.07, 6.45) is 5.60. The molecule has 0 bridgehead atoms. The van der Waals surface area contributed by atoms with E-state index in [9.17, 15) is 9.59 Å². The van der Waals surface area contributed by atoms with Gasteiger partial charge in [0.2, 0.25) is 5.91 Å². The zero-order chi connectivity index (χ0) is 23.8. The molecule has 1 aromatic carbocycles. The average molecular weight is 458 g/mol. The Bertz CT molecular complexity index is 880. The van der Waals surface area contributed by atoms with Gasteiger partial charge in [-0.3, -0.25) is 9.69 Å². The third kappa shape index (κ3) is 5.19. The van der Waals surface area contributed by atoms with E-state index in [1.54, 1.807) is 4.90 Å². The van der Waals surface area contributed by atoms with Crippen molar-refractivity contribution in [1.82, 2.24) is 0 Å². The van der Waals surface area contributed by atoms with Gasteiger partial charge in [0.15, 0.2) is 0 Å². The quantitative estimate of drug-likeness (QED) is 0.693. The van der Waals surface area contributed by atoms with Gasteiger partial charge in [0.25, 0.3) is 0 Å². The van der Waals surface area contributed by atoms with Crippen molar-refractivity contribution in [2.45, 2.75) is 83.3 Å². The van der Waals surface area contributed by atoms with Crippen LogP contribution in [-0.2, 0) is 19.7 Å². The first-order valence-electron chi connectivity index (χ1n) is 12.4. The van der Waals surface area contributed by atoms with Gasteiger partial charge in [0.05, 0.1) is 11.7 Å². The Morgan fingerprint density at radius 3 is 2.48 bits per heavy atom. The average Bonchev–Trinajstić information content (AvgIpc) is 3.06. The summed E-state index contributed by atoms with van der Waals surface area (Å²) >= 11 is 0. The molecular formula is C26H39N3O4. The van der Waals surface area contributed by atoms with Crippen molar-refractivity contribution in [3.05, 3.63) is 23.8 Å².